The highest BCUT2D eigenvalue weighted by molar-refractivity contribution is 6.14. The van der Waals surface area contributed by atoms with Gasteiger partial charge >= 0.3 is 5.97 Å². The normalized spacial score (nSPS) is 18.4. The van der Waals surface area contributed by atoms with Gasteiger partial charge in [0.15, 0.2) is 0 Å². The summed E-state index contributed by atoms with van der Waals surface area (Å²) in [6.07, 6.45) is 0.429. The maximum atomic E-state index is 13.2. The summed E-state index contributed by atoms with van der Waals surface area (Å²) in [5.74, 6) is -0.227. The number of aryl methyl sites for hydroxylation is 1. The smallest absolute Gasteiger partial charge is 0.344 e. The average molecular weight is 507 g/mol. The number of Topliss-reactive ketones (excluding diaryl/α,β-unsaturated/α-hetero) is 1. The zero-order valence-electron chi connectivity index (χ0n) is 23.6. The van der Waals surface area contributed by atoms with Crippen LogP contribution in [-0.2, 0) is 30.2 Å². The van der Waals surface area contributed by atoms with Crippen LogP contribution in [0.15, 0.2) is 34.3 Å². The Morgan fingerprint density at radius 2 is 1.56 bits per heavy atom. The number of rotatable bonds is 10. The van der Waals surface area contributed by atoms with E-state index < -0.39 is 17.6 Å². The van der Waals surface area contributed by atoms with Crippen molar-refractivity contribution in [3.63, 3.8) is 0 Å². The minimum absolute atomic E-state index is 0.0566. The monoisotopic (exact) mass is 506 g/mol. The number of benzene rings is 1. The van der Waals surface area contributed by atoms with Gasteiger partial charge in [-0.3, -0.25) is 4.79 Å². The number of phenolic OH excluding ortho intramolecular Hbond substituents is 1. The number of carbonyl (C=O) groups excluding carboxylic acids is 2. The predicted molar refractivity (Wildman–Crippen MR) is 145 cm³/mol. The summed E-state index contributed by atoms with van der Waals surface area (Å²) in [6, 6.07) is 6.26. The number of hydrogen-bond donors (Lipinski definition) is 1. The molecule has 2 rings (SSSR count). The lowest BCUT2D eigenvalue weighted by molar-refractivity contribution is -0.149. The zero-order chi connectivity index (χ0) is 27.7. The Morgan fingerprint density at radius 1 is 0.972 bits per heavy atom. The number of esters is 1. The first-order valence-corrected chi connectivity index (χ1v) is 13.2. The van der Waals surface area contributed by atoms with Crippen LogP contribution in [0.4, 0.5) is 0 Å². The zero-order valence-corrected chi connectivity index (χ0v) is 23.6. The highest BCUT2D eigenvalue weighted by atomic mass is 16.5. The third-order valence-corrected chi connectivity index (χ3v) is 5.06. The molecular weight excluding hydrogens is 460 g/mol. The first-order valence-electron chi connectivity index (χ1n) is 13.2. The molecule has 1 aromatic rings. The molecule has 1 heterocycles. The van der Waals surface area contributed by atoms with Gasteiger partial charge in [-0.2, -0.15) is 0 Å². The van der Waals surface area contributed by atoms with Crippen LogP contribution in [0.2, 0.25) is 0 Å². The van der Waals surface area contributed by atoms with Gasteiger partial charge in [-0.15, -0.1) is 0 Å². The second-order valence-electron chi connectivity index (χ2n) is 7.90. The summed E-state index contributed by atoms with van der Waals surface area (Å²) in [6.45, 7) is 18.0. The molecule has 1 N–H and O–H groups in total. The molecule has 0 saturated heterocycles. The van der Waals surface area contributed by atoms with E-state index in [2.05, 4.69) is 9.98 Å². The van der Waals surface area contributed by atoms with Crippen LogP contribution in [0.25, 0.3) is 0 Å². The molecule has 1 aliphatic heterocycles. The van der Waals surface area contributed by atoms with E-state index in [0.29, 0.717) is 18.9 Å². The summed E-state index contributed by atoms with van der Waals surface area (Å²) in [4.78, 5) is 35.5. The van der Waals surface area contributed by atoms with E-state index in [0.717, 1.165) is 5.56 Å². The molecule has 0 aromatic heterocycles. The molecule has 2 unspecified atom stereocenters. The molecule has 0 radical (unpaired) electrons. The van der Waals surface area contributed by atoms with Crippen molar-refractivity contribution in [3.8, 4) is 5.75 Å². The Labute approximate surface area is 217 Å². The van der Waals surface area contributed by atoms with Crippen molar-refractivity contribution in [3.05, 3.63) is 29.8 Å². The predicted octanol–water partition coefficient (Wildman–Crippen LogP) is 5.55. The second kappa shape index (κ2) is 17.5. The van der Waals surface area contributed by atoms with Gasteiger partial charge in [0.05, 0.1) is 26.2 Å². The molecule has 36 heavy (non-hydrogen) atoms. The van der Waals surface area contributed by atoms with Crippen molar-refractivity contribution in [2.75, 3.05) is 19.8 Å². The molecule has 0 fully saturated rings. The fraction of sp³-hybridized carbons (Fsp3) is 0.643. The molecule has 0 saturated carbocycles. The number of carbonyl (C=O) groups is 2. The van der Waals surface area contributed by atoms with Crippen LogP contribution in [0.3, 0.4) is 0 Å². The molecule has 0 bridgehead atoms. The first-order chi connectivity index (χ1) is 17.3. The van der Waals surface area contributed by atoms with E-state index in [4.69, 9.17) is 14.2 Å². The Bertz CT molecular complexity index is 848. The standard InChI is InChI=1S/C24H34N2O6.2C2H6/c1-6-30-21-20(16(4)5)25-22(31-7-2)24(26-21,23(29)32-8-3)15-19(28)14-11-17-9-12-18(27)13-10-17;2*1-2/h9-10,12-13,16,20,27H,6-8,11,14-15H2,1-5H3;2*1-2H3. The molecule has 204 valence electrons. The first kappa shape index (κ1) is 33.1. The maximum absolute atomic E-state index is 13.2. The van der Waals surface area contributed by atoms with E-state index in [1.54, 1.807) is 38.1 Å². The van der Waals surface area contributed by atoms with Gasteiger partial charge in [0, 0.05) is 6.42 Å². The van der Waals surface area contributed by atoms with Crippen molar-refractivity contribution in [1.82, 2.24) is 0 Å². The van der Waals surface area contributed by atoms with Crippen LogP contribution < -0.4 is 0 Å². The van der Waals surface area contributed by atoms with Gasteiger partial charge in [0.1, 0.15) is 17.6 Å². The van der Waals surface area contributed by atoms with Gasteiger partial charge in [-0.1, -0.05) is 53.7 Å². The van der Waals surface area contributed by atoms with E-state index in [1.165, 1.54) is 0 Å². The lowest BCUT2D eigenvalue weighted by Crippen LogP contribution is -2.54. The van der Waals surface area contributed by atoms with Crippen LogP contribution in [0.1, 0.15) is 80.7 Å². The van der Waals surface area contributed by atoms with E-state index in [1.807, 2.05) is 48.5 Å². The summed E-state index contributed by atoms with van der Waals surface area (Å²) >= 11 is 0. The number of ether oxygens (including phenoxy) is 3. The van der Waals surface area contributed by atoms with Gasteiger partial charge in [0.2, 0.25) is 17.3 Å². The Balaban J connectivity index is 0.00000291. The fourth-order valence-corrected chi connectivity index (χ4v) is 3.47. The number of ketones is 1. The molecule has 8 nitrogen and oxygen atoms in total. The molecule has 0 amide bonds. The van der Waals surface area contributed by atoms with Crippen molar-refractivity contribution in [2.45, 2.75) is 93.2 Å². The summed E-state index contributed by atoms with van der Waals surface area (Å²) < 4.78 is 16.8. The number of nitrogens with zero attached hydrogens (tertiary/aromatic N) is 2. The number of phenols is 1. The average Bonchev–Trinajstić information content (AvgIpc) is 2.87. The summed E-state index contributed by atoms with van der Waals surface area (Å²) in [5, 5.41) is 9.43. The molecule has 8 heteroatoms. The Hall–Kier alpha value is -2.90. The molecule has 0 spiro atoms. The highest BCUT2D eigenvalue weighted by Gasteiger charge is 2.52. The minimum Gasteiger partial charge on any atom is -0.508 e. The van der Waals surface area contributed by atoms with E-state index in [-0.39, 0.29) is 49.4 Å². The van der Waals surface area contributed by atoms with Crippen molar-refractivity contribution in [1.29, 1.82) is 0 Å². The summed E-state index contributed by atoms with van der Waals surface area (Å²) in [5.41, 5.74) is -0.796. The van der Waals surface area contributed by atoms with Crippen molar-refractivity contribution < 1.29 is 28.9 Å². The van der Waals surface area contributed by atoms with Crippen molar-refractivity contribution >= 4 is 23.5 Å². The Morgan fingerprint density at radius 3 is 2.06 bits per heavy atom. The molecule has 1 aliphatic rings. The minimum atomic E-state index is -1.70. The quantitative estimate of drug-likeness (QED) is 0.417. The lowest BCUT2D eigenvalue weighted by Gasteiger charge is -2.34. The third-order valence-electron chi connectivity index (χ3n) is 5.06. The molecular formula is C28H46N2O6. The Kier molecular flexibility index (Phi) is 16.1. The molecule has 0 aliphatic carbocycles. The van der Waals surface area contributed by atoms with Crippen LogP contribution in [0.5, 0.6) is 5.75 Å². The highest BCUT2D eigenvalue weighted by Crippen LogP contribution is 2.31. The second-order valence-corrected chi connectivity index (χ2v) is 7.90. The summed E-state index contributed by atoms with van der Waals surface area (Å²) in [7, 11) is 0. The fourth-order valence-electron chi connectivity index (χ4n) is 3.47. The number of aliphatic imine (C=N–C) groups is 2. The van der Waals surface area contributed by atoms with Crippen LogP contribution in [-0.4, -0.2) is 60.1 Å². The van der Waals surface area contributed by atoms with Crippen LogP contribution >= 0.6 is 0 Å². The van der Waals surface area contributed by atoms with Gasteiger partial charge in [0.25, 0.3) is 0 Å². The van der Waals surface area contributed by atoms with E-state index in [9.17, 15) is 14.7 Å². The van der Waals surface area contributed by atoms with E-state index >= 15 is 0 Å². The largest absolute Gasteiger partial charge is 0.508 e. The van der Waals surface area contributed by atoms with Gasteiger partial charge in [-0.05, 0) is 50.8 Å². The van der Waals surface area contributed by atoms with Crippen molar-refractivity contribution in [2.24, 2.45) is 15.9 Å². The van der Waals surface area contributed by atoms with Gasteiger partial charge in [-0.25, -0.2) is 14.8 Å². The molecule has 2 atom stereocenters. The van der Waals surface area contributed by atoms with Gasteiger partial charge < -0.3 is 19.3 Å². The SMILES string of the molecule is CC.CC.CCOC(=O)C1(CC(=O)CCc2ccc(O)cc2)N=C(OCC)C(C(C)C)N=C1OCC. The molecule has 1 aromatic carbocycles. The third kappa shape index (κ3) is 9.28. The van der Waals surface area contributed by atoms with Crippen LogP contribution in [0, 0.1) is 5.92 Å². The number of aromatic hydroxyl groups is 1. The topological polar surface area (TPSA) is 107 Å². The number of hydrogen-bond acceptors (Lipinski definition) is 8. The maximum Gasteiger partial charge on any atom is 0.344 e. The lowest BCUT2D eigenvalue weighted by atomic mass is 9.88.